The van der Waals surface area contributed by atoms with Crippen molar-refractivity contribution in [1.29, 1.82) is 0 Å². The molecule has 0 saturated heterocycles. The first-order valence-electron chi connectivity index (χ1n) is 10.4. The molecule has 0 aliphatic heterocycles. The standard InChI is InChI=1S/C22H22ClN9/c1-2-24-8-7-18-14-31-20(16-11-27-32(23)13-16)12-26-22(31)21(29-18)28-17-3-5-19(6-4-17)30-10-9-25-15-30/h3-6,9-15,24H,2,7-8H2,1H3,(H,28,29). The molecule has 0 unspecified atom stereocenters. The van der Waals surface area contributed by atoms with Gasteiger partial charge in [-0.2, -0.15) is 9.30 Å². The van der Waals surface area contributed by atoms with Crippen molar-refractivity contribution >= 4 is 28.9 Å². The Morgan fingerprint density at radius 3 is 2.69 bits per heavy atom. The average Bonchev–Trinajstić information content (AvgIpc) is 3.55. The van der Waals surface area contributed by atoms with Crippen LogP contribution in [0.5, 0.6) is 0 Å². The van der Waals surface area contributed by atoms with Crippen molar-refractivity contribution in [3.05, 3.63) is 73.5 Å². The van der Waals surface area contributed by atoms with E-state index in [-0.39, 0.29) is 0 Å². The van der Waals surface area contributed by atoms with Crippen LogP contribution in [0.2, 0.25) is 0 Å². The second kappa shape index (κ2) is 8.81. The lowest BCUT2D eigenvalue weighted by Gasteiger charge is -2.12. The van der Waals surface area contributed by atoms with E-state index in [2.05, 4.69) is 32.6 Å². The minimum absolute atomic E-state index is 0.693. The van der Waals surface area contributed by atoms with Crippen molar-refractivity contribution < 1.29 is 0 Å². The summed E-state index contributed by atoms with van der Waals surface area (Å²) in [6.45, 7) is 3.86. The maximum atomic E-state index is 5.97. The van der Waals surface area contributed by atoms with Crippen LogP contribution in [-0.2, 0) is 6.42 Å². The highest BCUT2D eigenvalue weighted by Gasteiger charge is 2.14. The maximum absolute atomic E-state index is 5.97. The molecule has 5 aromatic rings. The summed E-state index contributed by atoms with van der Waals surface area (Å²) in [6.07, 6.45) is 13.6. The molecule has 4 aromatic heterocycles. The maximum Gasteiger partial charge on any atom is 0.180 e. The summed E-state index contributed by atoms with van der Waals surface area (Å²) >= 11 is 5.97. The van der Waals surface area contributed by atoms with Gasteiger partial charge in [-0.05, 0) is 30.8 Å². The van der Waals surface area contributed by atoms with E-state index in [0.717, 1.165) is 53.5 Å². The van der Waals surface area contributed by atoms with Gasteiger partial charge in [-0.15, -0.1) is 0 Å². The van der Waals surface area contributed by atoms with Crippen LogP contribution in [0, 0.1) is 0 Å². The third-order valence-electron chi connectivity index (χ3n) is 5.13. The van der Waals surface area contributed by atoms with Gasteiger partial charge in [-0.1, -0.05) is 6.92 Å². The Balaban J connectivity index is 1.51. The van der Waals surface area contributed by atoms with E-state index in [4.69, 9.17) is 16.8 Å². The smallest absolute Gasteiger partial charge is 0.180 e. The number of aromatic nitrogens is 7. The number of hydrogen-bond acceptors (Lipinski definition) is 6. The molecular formula is C22H22ClN9. The summed E-state index contributed by atoms with van der Waals surface area (Å²) in [7, 11) is 0. The monoisotopic (exact) mass is 447 g/mol. The number of likely N-dealkylation sites (N-methyl/N-ethyl adjacent to an activating group) is 1. The minimum Gasteiger partial charge on any atom is -0.337 e. The summed E-state index contributed by atoms with van der Waals surface area (Å²) in [5, 5.41) is 10.9. The number of halogens is 1. The number of benzene rings is 1. The third-order valence-corrected chi connectivity index (χ3v) is 5.32. The van der Waals surface area contributed by atoms with Gasteiger partial charge >= 0.3 is 0 Å². The minimum atomic E-state index is 0.693. The van der Waals surface area contributed by atoms with Crippen LogP contribution < -0.4 is 10.6 Å². The van der Waals surface area contributed by atoms with Gasteiger partial charge in [0, 0.05) is 60.3 Å². The molecule has 5 rings (SSSR count). The zero-order valence-corrected chi connectivity index (χ0v) is 18.2. The van der Waals surface area contributed by atoms with Crippen molar-refractivity contribution in [2.75, 3.05) is 18.4 Å². The van der Waals surface area contributed by atoms with Gasteiger partial charge in [-0.25, -0.2) is 15.0 Å². The normalized spacial score (nSPS) is 11.3. The van der Waals surface area contributed by atoms with Gasteiger partial charge in [0.05, 0.1) is 36.3 Å². The zero-order valence-electron chi connectivity index (χ0n) is 17.5. The van der Waals surface area contributed by atoms with Crippen molar-refractivity contribution in [2.24, 2.45) is 0 Å². The van der Waals surface area contributed by atoms with Crippen LogP contribution in [0.15, 0.2) is 67.8 Å². The molecule has 162 valence electrons. The van der Waals surface area contributed by atoms with E-state index in [1.54, 1.807) is 24.9 Å². The molecule has 4 heterocycles. The summed E-state index contributed by atoms with van der Waals surface area (Å²) in [5.74, 6) is 0.693. The lowest BCUT2D eigenvalue weighted by molar-refractivity contribution is 0.706. The lowest BCUT2D eigenvalue weighted by Crippen LogP contribution is -2.17. The molecule has 2 N–H and O–H groups in total. The van der Waals surface area contributed by atoms with Crippen LogP contribution in [-0.4, -0.2) is 46.3 Å². The molecule has 0 radical (unpaired) electrons. The summed E-state index contributed by atoms with van der Waals surface area (Å²) in [6, 6.07) is 8.09. The van der Waals surface area contributed by atoms with Gasteiger partial charge in [0.25, 0.3) is 0 Å². The van der Waals surface area contributed by atoms with Gasteiger partial charge in [0.2, 0.25) is 0 Å². The first kappa shape index (κ1) is 20.2. The fourth-order valence-electron chi connectivity index (χ4n) is 3.55. The summed E-state index contributed by atoms with van der Waals surface area (Å²) in [4.78, 5) is 13.6. The molecule has 0 amide bonds. The lowest BCUT2D eigenvalue weighted by atomic mass is 10.2. The van der Waals surface area contributed by atoms with E-state index >= 15 is 0 Å². The number of rotatable bonds is 8. The Kier molecular flexibility index (Phi) is 5.57. The Hall–Kier alpha value is -3.69. The van der Waals surface area contributed by atoms with Crippen LogP contribution in [0.25, 0.3) is 22.6 Å². The summed E-state index contributed by atoms with van der Waals surface area (Å²) in [5.41, 5.74) is 5.42. The number of imidazole rings is 2. The molecule has 0 aliphatic carbocycles. The molecule has 0 saturated carbocycles. The Morgan fingerprint density at radius 2 is 1.97 bits per heavy atom. The second-order valence-corrected chi connectivity index (χ2v) is 7.63. The van der Waals surface area contributed by atoms with Crippen LogP contribution in [0.1, 0.15) is 12.6 Å². The Morgan fingerprint density at radius 1 is 1.09 bits per heavy atom. The number of anilines is 2. The van der Waals surface area contributed by atoms with Crippen LogP contribution >= 0.6 is 11.8 Å². The largest absolute Gasteiger partial charge is 0.337 e. The van der Waals surface area contributed by atoms with Crippen molar-refractivity contribution in [3.8, 4) is 16.9 Å². The van der Waals surface area contributed by atoms with E-state index in [0.29, 0.717) is 5.82 Å². The quantitative estimate of drug-likeness (QED) is 0.353. The number of fused-ring (bicyclic) bond motifs is 1. The number of nitrogens with zero attached hydrogens (tertiary/aromatic N) is 7. The van der Waals surface area contributed by atoms with Crippen LogP contribution in [0.3, 0.4) is 0 Å². The predicted molar refractivity (Wildman–Crippen MR) is 125 cm³/mol. The third kappa shape index (κ3) is 4.08. The van der Waals surface area contributed by atoms with Crippen molar-refractivity contribution in [1.82, 2.24) is 38.5 Å². The van der Waals surface area contributed by atoms with Crippen molar-refractivity contribution in [3.63, 3.8) is 0 Å². The highest BCUT2D eigenvalue weighted by molar-refractivity contribution is 6.14. The molecule has 10 heteroatoms. The number of nitrogens with one attached hydrogen (secondary N) is 2. The molecule has 32 heavy (non-hydrogen) atoms. The second-order valence-electron chi connectivity index (χ2n) is 7.28. The van der Waals surface area contributed by atoms with E-state index in [1.165, 1.54) is 4.20 Å². The molecular weight excluding hydrogens is 426 g/mol. The van der Waals surface area contributed by atoms with E-state index in [1.807, 2.05) is 51.8 Å². The Bertz CT molecular complexity index is 1320. The highest BCUT2D eigenvalue weighted by Crippen LogP contribution is 2.26. The SMILES string of the molecule is CCNCCc1cn2c(-c3cnn(Cl)c3)cnc2c(Nc2ccc(-n3ccnc3)cc2)n1. The molecule has 1 aromatic carbocycles. The molecule has 0 fully saturated rings. The highest BCUT2D eigenvalue weighted by atomic mass is 35.5. The molecule has 0 bridgehead atoms. The van der Waals surface area contributed by atoms with E-state index in [9.17, 15) is 0 Å². The first-order valence-corrected chi connectivity index (χ1v) is 10.7. The topological polar surface area (TPSA) is 89.9 Å². The fourth-order valence-corrected chi connectivity index (χ4v) is 3.69. The summed E-state index contributed by atoms with van der Waals surface area (Å²) < 4.78 is 5.26. The van der Waals surface area contributed by atoms with Crippen LogP contribution in [0.4, 0.5) is 11.5 Å². The first-order chi connectivity index (χ1) is 15.7. The molecule has 0 spiro atoms. The number of hydrogen-bond donors (Lipinski definition) is 2. The van der Waals surface area contributed by atoms with Gasteiger partial charge in [-0.3, -0.25) is 4.40 Å². The molecule has 0 aliphatic rings. The van der Waals surface area contributed by atoms with Gasteiger partial charge in [0.1, 0.15) is 0 Å². The van der Waals surface area contributed by atoms with Gasteiger partial charge in [0.15, 0.2) is 11.5 Å². The van der Waals surface area contributed by atoms with E-state index < -0.39 is 0 Å². The fraction of sp³-hybridized carbons (Fsp3) is 0.182. The Labute approximate surface area is 189 Å². The van der Waals surface area contributed by atoms with Crippen molar-refractivity contribution in [2.45, 2.75) is 13.3 Å². The predicted octanol–water partition coefficient (Wildman–Crippen LogP) is 3.68. The molecule has 9 nitrogen and oxygen atoms in total. The van der Waals surface area contributed by atoms with Gasteiger partial charge < -0.3 is 15.2 Å². The average molecular weight is 448 g/mol. The zero-order chi connectivity index (χ0) is 21.9. The molecule has 0 atom stereocenters.